The highest BCUT2D eigenvalue weighted by Gasteiger charge is 2.45. The highest BCUT2D eigenvalue weighted by molar-refractivity contribution is 5.93. The minimum Gasteiger partial charge on any atom is -0.478 e. The predicted octanol–water partition coefficient (Wildman–Crippen LogP) is -2.58. The molecule has 1 aliphatic heterocycles. The molecule has 2 amide bonds. The summed E-state index contributed by atoms with van der Waals surface area (Å²) in [7, 11) is 2.24. The van der Waals surface area contributed by atoms with E-state index >= 15 is 0 Å². The number of aliphatic hydroxyl groups excluding tert-OH is 2. The summed E-state index contributed by atoms with van der Waals surface area (Å²) in [5, 5.41) is 33.3. The summed E-state index contributed by atoms with van der Waals surface area (Å²) in [5.41, 5.74) is 5.72. The van der Waals surface area contributed by atoms with Crippen LogP contribution in [0.15, 0.2) is 16.8 Å². The number of aliphatic imine (C=N–C) groups is 1. The Labute approximate surface area is 193 Å². The number of amides is 2. The first-order valence-corrected chi connectivity index (χ1v) is 9.72. The van der Waals surface area contributed by atoms with E-state index in [1.807, 2.05) is 0 Å². The van der Waals surface area contributed by atoms with Crippen molar-refractivity contribution in [2.24, 2.45) is 10.7 Å². The molecule has 0 fully saturated rings. The molecule has 0 bridgehead atoms. The second-order valence-electron chi connectivity index (χ2n) is 6.64. The van der Waals surface area contributed by atoms with Crippen LogP contribution in [0.25, 0.3) is 0 Å². The molecule has 0 aliphatic carbocycles. The Morgan fingerprint density at radius 1 is 1.21 bits per heavy atom. The van der Waals surface area contributed by atoms with Gasteiger partial charge in [-0.25, -0.2) is 19.4 Å². The van der Waals surface area contributed by atoms with E-state index in [1.165, 1.54) is 14.0 Å². The molecule has 16 heteroatoms. The fraction of sp³-hybridized carbons (Fsp3) is 0.611. The van der Waals surface area contributed by atoms with E-state index in [1.54, 1.807) is 0 Å². The van der Waals surface area contributed by atoms with Crippen molar-refractivity contribution in [2.45, 2.75) is 37.3 Å². The van der Waals surface area contributed by atoms with Crippen LogP contribution in [0.2, 0.25) is 0 Å². The molecule has 0 radical (unpaired) electrons. The number of hydrogen-bond acceptors (Lipinski definition) is 12. The molecule has 16 nitrogen and oxygen atoms in total. The quantitative estimate of drug-likeness (QED) is 0.0604. The molecule has 0 aromatic carbocycles. The van der Waals surface area contributed by atoms with E-state index < -0.39 is 72.8 Å². The Kier molecular flexibility index (Phi) is 11.5. The lowest BCUT2D eigenvalue weighted by molar-refractivity contribution is -0.148. The number of nitrogens with zero attached hydrogens (tertiary/aromatic N) is 1. The van der Waals surface area contributed by atoms with Gasteiger partial charge in [0.1, 0.15) is 25.4 Å². The summed E-state index contributed by atoms with van der Waals surface area (Å²) < 4.78 is 24.5. The summed E-state index contributed by atoms with van der Waals surface area (Å²) in [5.74, 6) is -3.22. The molecule has 192 valence electrons. The van der Waals surface area contributed by atoms with Crippen LogP contribution >= 0.6 is 0 Å². The van der Waals surface area contributed by atoms with Crippen molar-refractivity contribution >= 4 is 30.1 Å². The Balaban J connectivity index is 3.18. The topological polar surface area (TPSA) is 238 Å². The molecule has 5 atom stereocenters. The average molecular weight is 492 g/mol. The van der Waals surface area contributed by atoms with Gasteiger partial charge in [0.2, 0.25) is 5.76 Å². The number of guanidine groups is 1. The molecule has 1 unspecified atom stereocenters. The van der Waals surface area contributed by atoms with Crippen LogP contribution in [0.3, 0.4) is 0 Å². The van der Waals surface area contributed by atoms with Crippen molar-refractivity contribution in [1.29, 1.82) is 0 Å². The largest absolute Gasteiger partial charge is 0.478 e. The average Bonchev–Trinajstić information content (AvgIpc) is 2.78. The maximum Gasteiger partial charge on any atom is 0.414 e. The number of nitrogens with one attached hydrogen (secondary N) is 2. The number of hydrogen-bond donors (Lipinski definition) is 6. The molecule has 1 rings (SSSR count). The molecule has 0 aromatic rings. The summed E-state index contributed by atoms with van der Waals surface area (Å²) in [4.78, 5) is 50.0. The van der Waals surface area contributed by atoms with Crippen LogP contribution in [0.1, 0.15) is 6.92 Å². The van der Waals surface area contributed by atoms with Crippen LogP contribution in [-0.4, -0.2) is 110 Å². The lowest BCUT2D eigenvalue weighted by atomic mass is 9.92. The normalized spacial score (nSPS) is 21.7. The van der Waals surface area contributed by atoms with E-state index in [-0.39, 0.29) is 13.2 Å². The second kappa shape index (κ2) is 13.8. The van der Waals surface area contributed by atoms with Gasteiger partial charge in [0.05, 0.1) is 25.8 Å². The minimum atomic E-state index is -1.53. The van der Waals surface area contributed by atoms with Gasteiger partial charge in [-0.2, -0.15) is 0 Å². The number of aliphatic carboxylic acids is 1. The molecule has 1 aliphatic rings. The van der Waals surface area contributed by atoms with Gasteiger partial charge in [-0.15, -0.1) is 0 Å². The number of rotatable bonds is 10. The summed E-state index contributed by atoms with van der Waals surface area (Å²) in [6.45, 7) is -0.0610. The second-order valence-corrected chi connectivity index (χ2v) is 6.64. The van der Waals surface area contributed by atoms with Gasteiger partial charge >= 0.3 is 24.1 Å². The zero-order chi connectivity index (χ0) is 25.8. The first-order chi connectivity index (χ1) is 16.0. The number of methoxy groups -OCH3 is 2. The number of esters is 1. The number of carbonyl (C=O) groups excluding carboxylic acids is 3. The van der Waals surface area contributed by atoms with Gasteiger partial charge in [0, 0.05) is 14.0 Å². The minimum absolute atomic E-state index is 0.192. The zero-order valence-corrected chi connectivity index (χ0v) is 18.6. The summed E-state index contributed by atoms with van der Waals surface area (Å²) >= 11 is 0. The van der Waals surface area contributed by atoms with Crippen LogP contribution in [0.4, 0.5) is 9.59 Å². The number of nitrogens with two attached hydrogens (primary N) is 1. The monoisotopic (exact) mass is 492 g/mol. The van der Waals surface area contributed by atoms with E-state index in [0.29, 0.717) is 0 Å². The van der Waals surface area contributed by atoms with Gasteiger partial charge in [-0.1, -0.05) is 0 Å². The number of aliphatic hydroxyl groups is 2. The SMILES string of the molecule is COC(=O)N[C@H]1[C@@H](C(OC)[C@H](O)CO)OC(C(=O)O)=C[C@H]1N=C(N)NC(=O)OCCOC(C)=O. The van der Waals surface area contributed by atoms with E-state index in [0.717, 1.165) is 13.2 Å². The summed E-state index contributed by atoms with van der Waals surface area (Å²) in [6.07, 6.45) is -5.26. The van der Waals surface area contributed by atoms with Gasteiger partial charge in [0.25, 0.3) is 0 Å². The lowest BCUT2D eigenvalue weighted by Crippen LogP contribution is -2.60. The predicted molar refractivity (Wildman–Crippen MR) is 110 cm³/mol. The first kappa shape index (κ1) is 28.4. The standard InChI is InChI=1S/C18H28N4O12/c1-8(24)32-4-5-33-18(29)22-16(19)20-9-6-11(15(26)27)34-14(12(9)21-17(28)31-3)13(30-2)10(25)7-23/h6,9-10,12-14,23,25H,4-5,7H2,1-3H3,(H,21,28)(H,26,27)(H3,19,20,22,29)/t9-,10-,12-,13?,14+/m1/s1. The molecule has 0 saturated carbocycles. The molecule has 0 aromatic heterocycles. The third kappa shape index (κ3) is 8.72. The van der Waals surface area contributed by atoms with Crippen LogP contribution in [-0.2, 0) is 33.3 Å². The van der Waals surface area contributed by atoms with Crippen LogP contribution in [0, 0.1) is 0 Å². The number of carbonyl (C=O) groups is 4. The molecule has 7 N–H and O–H groups in total. The molecular weight excluding hydrogens is 464 g/mol. The van der Waals surface area contributed by atoms with E-state index in [2.05, 4.69) is 25.1 Å². The van der Waals surface area contributed by atoms with Gasteiger partial charge < -0.3 is 50.1 Å². The van der Waals surface area contributed by atoms with Crippen molar-refractivity contribution in [1.82, 2.24) is 10.6 Å². The Bertz CT molecular complexity index is 802. The molecule has 0 saturated heterocycles. The van der Waals surface area contributed by atoms with Gasteiger partial charge in [0.15, 0.2) is 12.1 Å². The lowest BCUT2D eigenvalue weighted by Gasteiger charge is -2.39. The summed E-state index contributed by atoms with van der Waals surface area (Å²) in [6, 6.07) is -2.50. The number of alkyl carbamates (subject to hydrolysis) is 2. The number of carboxylic acids is 1. The Morgan fingerprint density at radius 3 is 2.38 bits per heavy atom. The van der Waals surface area contributed by atoms with Crippen molar-refractivity contribution < 1.29 is 58.2 Å². The van der Waals surface area contributed by atoms with Crippen LogP contribution in [0.5, 0.6) is 0 Å². The van der Waals surface area contributed by atoms with Crippen LogP contribution < -0.4 is 16.4 Å². The Morgan fingerprint density at radius 2 is 1.85 bits per heavy atom. The van der Waals surface area contributed by atoms with Crippen molar-refractivity contribution in [2.75, 3.05) is 34.0 Å². The molecule has 0 spiro atoms. The number of ether oxygens (including phenoxy) is 5. The number of carboxylic acid groups (broad SMARTS) is 1. The van der Waals surface area contributed by atoms with Crippen molar-refractivity contribution in [3.63, 3.8) is 0 Å². The molecule has 1 heterocycles. The Hall–Kier alpha value is -3.63. The highest BCUT2D eigenvalue weighted by Crippen LogP contribution is 2.26. The van der Waals surface area contributed by atoms with Gasteiger partial charge in [-0.3, -0.25) is 10.1 Å². The maximum absolute atomic E-state index is 11.9. The molecule has 34 heavy (non-hydrogen) atoms. The zero-order valence-electron chi connectivity index (χ0n) is 18.6. The fourth-order valence-electron chi connectivity index (χ4n) is 2.85. The van der Waals surface area contributed by atoms with Gasteiger partial charge in [-0.05, 0) is 6.08 Å². The highest BCUT2D eigenvalue weighted by atomic mass is 16.6. The molecular formula is C18H28N4O12. The third-order valence-corrected chi connectivity index (χ3v) is 4.29. The van der Waals surface area contributed by atoms with Crippen molar-refractivity contribution in [3.05, 3.63) is 11.8 Å². The van der Waals surface area contributed by atoms with E-state index in [4.69, 9.17) is 19.9 Å². The van der Waals surface area contributed by atoms with E-state index in [9.17, 15) is 34.5 Å². The first-order valence-electron chi connectivity index (χ1n) is 9.72. The maximum atomic E-state index is 11.9. The van der Waals surface area contributed by atoms with Crippen molar-refractivity contribution in [3.8, 4) is 0 Å². The smallest absolute Gasteiger partial charge is 0.414 e. The third-order valence-electron chi connectivity index (χ3n) is 4.29. The fourth-order valence-corrected chi connectivity index (χ4v) is 2.85.